The predicted molar refractivity (Wildman–Crippen MR) is 97.8 cm³/mol. The average Bonchev–Trinajstić information content (AvgIpc) is 3.06. The standard InChI is InChI=1S/C17H18F3N4O2S/c18-17(19,20)27(25,26)23-9-8-13-4-6-14(7-5-13)24-11-10-22-16(24)3-1-2-15(24)12-21/h1-7,10-11,23H,8-9,12,21H2/q+1. The Labute approximate surface area is 154 Å². The molecular formula is C17H18F3N4O2S+. The summed E-state index contributed by atoms with van der Waals surface area (Å²) in [5, 5.41) is 0. The normalized spacial score (nSPS) is 21.8. The summed E-state index contributed by atoms with van der Waals surface area (Å²) in [4.78, 5) is 4.37. The Morgan fingerprint density at radius 3 is 2.52 bits per heavy atom. The first-order valence-corrected chi connectivity index (χ1v) is 9.57. The molecule has 2 aliphatic heterocycles. The van der Waals surface area contributed by atoms with Gasteiger partial charge in [-0.25, -0.2) is 13.1 Å². The van der Waals surface area contributed by atoms with Crippen LogP contribution in [0.3, 0.4) is 0 Å². The van der Waals surface area contributed by atoms with Crippen molar-refractivity contribution in [2.24, 2.45) is 10.7 Å². The van der Waals surface area contributed by atoms with E-state index >= 15 is 0 Å². The Morgan fingerprint density at radius 1 is 1.19 bits per heavy atom. The summed E-state index contributed by atoms with van der Waals surface area (Å²) in [5.41, 5.74) is 3.09. The number of aliphatic imine (C=N–C) groups is 1. The highest BCUT2D eigenvalue weighted by Crippen LogP contribution is 2.36. The maximum absolute atomic E-state index is 12.3. The van der Waals surface area contributed by atoms with E-state index in [0.717, 1.165) is 17.2 Å². The zero-order chi connectivity index (χ0) is 19.7. The van der Waals surface area contributed by atoms with Gasteiger partial charge in [0.15, 0.2) is 0 Å². The van der Waals surface area contributed by atoms with Crippen LogP contribution in [0, 0.1) is 0 Å². The monoisotopic (exact) mass is 399 g/mol. The lowest BCUT2D eigenvalue weighted by Crippen LogP contribution is -2.49. The fourth-order valence-corrected chi connectivity index (χ4v) is 3.58. The van der Waals surface area contributed by atoms with E-state index in [2.05, 4.69) is 4.99 Å². The first-order valence-electron chi connectivity index (χ1n) is 8.09. The van der Waals surface area contributed by atoms with Crippen molar-refractivity contribution in [3.8, 4) is 0 Å². The number of alkyl halides is 3. The molecule has 0 aliphatic carbocycles. The van der Waals surface area contributed by atoms with Crippen LogP contribution >= 0.6 is 0 Å². The number of rotatable bonds is 6. The average molecular weight is 399 g/mol. The third-order valence-corrected chi connectivity index (χ3v) is 5.60. The number of nitrogens with two attached hydrogens (primary N) is 1. The molecule has 6 nitrogen and oxygen atoms in total. The van der Waals surface area contributed by atoms with E-state index in [1.165, 1.54) is 0 Å². The van der Waals surface area contributed by atoms with Crippen LogP contribution in [0.1, 0.15) is 5.56 Å². The summed E-state index contributed by atoms with van der Waals surface area (Å²) >= 11 is 0. The largest absolute Gasteiger partial charge is 0.511 e. The highest BCUT2D eigenvalue weighted by molar-refractivity contribution is 7.90. The van der Waals surface area contributed by atoms with Gasteiger partial charge in [-0.2, -0.15) is 22.6 Å². The van der Waals surface area contributed by atoms with Gasteiger partial charge in [0, 0.05) is 24.8 Å². The van der Waals surface area contributed by atoms with Gasteiger partial charge in [0.05, 0.1) is 12.7 Å². The second kappa shape index (κ2) is 7.04. The Hall–Kier alpha value is -2.27. The number of fused-ring (bicyclic) bond motifs is 1. The van der Waals surface area contributed by atoms with E-state index < -0.39 is 15.5 Å². The number of hydrogen-bond donors (Lipinski definition) is 2. The van der Waals surface area contributed by atoms with Crippen LogP contribution in [0.15, 0.2) is 65.6 Å². The highest BCUT2D eigenvalue weighted by atomic mass is 32.2. The molecule has 0 aromatic heterocycles. The van der Waals surface area contributed by atoms with Crippen LogP contribution in [0.5, 0.6) is 0 Å². The van der Waals surface area contributed by atoms with E-state index in [0.29, 0.717) is 12.1 Å². The van der Waals surface area contributed by atoms with Crippen LogP contribution in [0.25, 0.3) is 0 Å². The molecule has 3 N–H and O–H groups in total. The molecule has 3 rings (SSSR count). The molecular weight excluding hydrogens is 381 g/mol. The molecule has 0 fully saturated rings. The van der Waals surface area contributed by atoms with E-state index in [4.69, 9.17) is 5.73 Å². The molecule has 0 saturated heterocycles. The molecule has 0 saturated carbocycles. The zero-order valence-electron chi connectivity index (χ0n) is 14.1. The van der Waals surface area contributed by atoms with Gasteiger partial charge >= 0.3 is 15.5 Å². The van der Waals surface area contributed by atoms with Gasteiger partial charge in [-0.05, 0) is 24.1 Å². The van der Waals surface area contributed by atoms with E-state index in [1.54, 1.807) is 23.1 Å². The zero-order valence-corrected chi connectivity index (χ0v) is 15.0. The number of benzene rings is 1. The summed E-state index contributed by atoms with van der Waals surface area (Å²) in [6, 6.07) is 7.17. The Morgan fingerprint density at radius 2 is 1.89 bits per heavy atom. The van der Waals surface area contributed by atoms with Gasteiger partial charge in [0.25, 0.3) is 0 Å². The summed E-state index contributed by atoms with van der Waals surface area (Å²) in [6.45, 7) is -0.0147. The van der Waals surface area contributed by atoms with E-state index in [1.807, 2.05) is 36.6 Å². The van der Waals surface area contributed by atoms with Crippen molar-refractivity contribution in [2.45, 2.75) is 11.9 Å². The molecule has 1 aromatic carbocycles. The summed E-state index contributed by atoms with van der Waals surface area (Å²) in [5.74, 6) is 0.795. The minimum Gasteiger partial charge on any atom is -0.322 e. The molecule has 1 atom stereocenters. The first-order chi connectivity index (χ1) is 12.7. The lowest BCUT2D eigenvalue weighted by molar-refractivity contribution is -0.0447. The van der Waals surface area contributed by atoms with Crippen molar-refractivity contribution < 1.29 is 21.6 Å². The van der Waals surface area contributed by atoms with Crippen LogP contribution in [0.4, 0.5) is 18.9 Å². The summed E-state index contributed by atoms with van der Waals surface area (Å²) in [7, 11) is -5.32. The molecule has 10 heteroatoms. The molecule has 2 heterocycles. The van der Waals surface area contributed by atoms with Crippen LogP contribution in [0.2, 0.25) is 0 Å². The van der Waals surface area contributed by atoms with Gasteiger partial charge in [-0.3, -0.25) is 0 Å². The molecule has 0 radical (unpaired) electrons. The highest BCUT2D eigenvalue weighted by Gasteiger charge is 2.45. The fourth-order valence-electron chi connectivity index (χ4n) is 3.05. The van der Waals surface area contributed by atoms with Crippen molar-refractivity contribution in [3.05, 3.63) is 66.2 Å². The molecule has 0 amide bonds. The lowest BCUT2D eigenvalue weighted by Gasteiger charge is -2.33. The SMILES string of the molecule is NCC1=CC=CC2=NC=C[N+]12c1ccc(CCNS(=O)(=O)C(F)(F)F)cc1. The number of quaternary nitrogens is 1. The number of amidine groups is 1. The van der Waals surface area contributed by atoms with Gasteiger partial charge in [-0.15, -0.1) is 0 Å². The summed E-state index contributed by atoms with van der Waals surface area (Å²) in [6.07, 6.45) is 9.43. The molecule has 0 spiro atoms. The van der Waals surface area contributed by atoms with Crippen molar-refractivity contribution in [1.29, 1.82) is 0 Å². The van der Waals surface area contributed by atoms with Crippen LogP contribution in [-0.2, 0) is 16.4 Å². The van der Waals surface area contributed by atoms with Gasteiger partial charge in [0.2, 0.25) is 5.84 Å². The third-order valence-electron chi connectivity index (χ3n) is 4.41. The van der Waals surface area contributed by atoms with Gasteiger partial charge in [-0.1, -0.05) is 12.1 Å². The second-order valence-corrected chi connectivity index (χ2v) is 7.75. The van der Waals surface area contributed by atoms with Gasteiger partial charge in [0.1, 0.15) is 17.6 Å². The summed E-state index contributed by atoms with van der Waals surface area (Å²) < 4.78 is 60.8. The van der Waals surface area contributed by atoms with E-state index in [-0.39, 0.29) is 17.4 Å². The molecule has 2 aliphatic rings. The topological polar surface area (TPSA) is 84.5 Å². The molecule has 27 heavy (non-hydrogen) atoms. The molecule has 1 aromatic rings. The maximum atomic E-state index is 12.3. The number of halogens is 3. The van der Waals surface area contributed by atoms with Crippen LogP contribution in [-0.4, -0.2) is 32.9 Å². The molecule has 0 bridgehead atoms. The number of nitrogens with one attached hydrogen (secondary N) is 1. The maximum Gasteiger partial charge on any atom is 0.511 e. The first kappa shape index (κ1) is 19.5. The minimum absolute atomic E-state index is 0.131. The Balaban J connectivity index is 1.75. The predicted octanol–water partition coefficient (Wildman–Crippen LogP) is 2.27. The quantitative estimate of drug-likeness (QED) is 0.720. The van der Waals surface area contributed by atoms with Crippen molar-refractivity contribution >= 4 is 21.5 Å². The molecule has 144 valence electrons. The number of sulfonamides is 1. The third kappa shape index (κ3) is 3.48. The van der Waals surface area contributed by atoms with Gasteiger partial charge < -0.3 is 5.73 Å². The molecule has 1 unspecified atom stereocenters. The number of hydrogen-bond acceptors (Lipinski definition) is 4. The van der Waals surface area contributed by atoms with Crippen molar-refractivity contribution in [3.63, 3.8) is 0 Å². The minimum atomic E-state index is -5.32. The second-order valence-electron chi connectivity index (χ2n) is 5.99. The Bertz CT molecular complexity index is 947. The van der Waals surface area contributed by atoms with Crippen molar-refractivity contribution in [2.75, 3.05) is 13.1 Å². The lowest BCUT2D eigenvalue weighted by atomic mass is 10.1. The smallest absolute Gasteiger partial charge is 0.322 e. The van der Waals surface area contributed by atoms with Crippen molar-refractivity contribution in [1.82, 2.24) is 9.21 Å². The Kier molecular flexibility index (Phi) is 5.08. The number of allylic oxidation sites excluding steroid dienone is 2. The number of nitrogens with zero attached hydrogens (tertiary/aromatic N) is 2. The van der Waals surface area contributed by atoms with Crippen LogP contribution < -0.4 is 14.9 Å². The van der Waals surface area contributed by atoms with E-state index in [9.17, 15) is 21.6 Å². The fraction of sp³-hybridized carbons (Fsp3) is 0.235.